The van der Waals surface area contributed by atoms with E-state index in [0.717, 1.165) is 0 Å². The molecule has 76 valence electrons. The lowest BCUT2D eigenvalue weighted by Gasteiger charge is -2.07. The van der Waals surface area contributed by atoms with E-state index in [2.05, 4.69) is 17.2 Å². The molecule has 0 aliphatic carbocycles. The molecule has 1 amide bonds. The molecule has 3 nitrogen and oxygen atoms in total. The van der Waals surface area contributed by atoms with Crippen molar-refractivity contribution in [3.8, 4) is 0 Å². The van der Waals surface area contributed by atoms with Crippen molar-refractivity contribution >= 4 is 17.5 Å². The number of carbonyl (C=O) groups excluding carboxylic acids is 1. The third kappa shape index (κ3) is 9.37. The fourth-order valence-electron chi connectivity index (χ4n) is 0.692. The second kappa shape index (κ2) is 6.92. The Morgan fingerprint density at radius 2 is 2.08 bits per heavy atom. The summed E-state index contributed by atoms with van der Waals surface area (Å²) in [7, 11) is 0. The monoisotopic (exact) mass is 204 g/mol. The molecular formula is C9H17ClN2O. The van der Waals surface area contributed by atoms with Crippen LogP contribution in [0.2, 0.25) is 0 Å². The van der Waals surface area contributed by atoms with E-state index in [1.807, 2.05) is 13.8 Å². The van der Waals surface area contributed by atoms with E-state index in [1.54, 1.807) is 0 Å². The molecule has 0 aromatic heterocycles. The summed E-state index contributed by atoms with van der Waals surface area (Å²) < 4.78 is 0. The molecule has 0 aliphatic heterocycles. The van der Waals surface area contributed by atoms with E-state index in [0.29, 0.717) is 30.6 Å². The van der Waals surface area contributed by atoms with E-state index >= 15 is 0 Å². The Bertz CT molecular complexity index is 180. The number of carbonyl (C=O) groups is 1. The second-order valence-corrected chi connectivity index (χ2v) is 3.85. The predicted octanol–water partition coefficient (Wildman–Crippen LogP) is 1.10. The lowest BCUT2D eigenvalue weighted by atomic mass is 10.2. The molecule has 4 heteroatoms. The van der Waals surface area contributed by atoms with Gasteiger partial charge in [-0.15, -0.1) is 0 Å². The summed E-state index contributed by atoms with van der Waals surface area (Å²) in [6, 6.07) is 0. The highest BCUT2D eigenvalue weighted by atomic mass is 35.5. The topological polar surface area (TPSA) is 41.1 Å². The van der Waals surface area contributed by atoms with Crippen LogP contribution in [0, 0.1) is 5.92 Å². The van der Waals surface area contributed by atoms with Crippen LogP contribution in [0.1, 0.15) is 13.8 Å². The summed E-state index contributed by atoms with van der Waals surface area (Å²) in [5.41, 5.74) is 0. The first-order valence-electron chi connectivity index (χ1n) is 4.33. The third-order valence-electron chi connectivity index (χ3n) is 1.31. The van der Waals surface area contributed by atoms with Crippen LogP contribution in [0.5, 0.6) is 0 Å². The first-order chi connectivity index (χ1) is 6.02. The third-order valence-corrected chi connectivity index (χ3v) is 1.44. The summed E-state index contributed by atoms with van der Waals surface area (Å²) in [6.45, 7) is 9.07. The molecule has 0 unspecified atom stereocenters. The second-order valence-electron chi connectivity index (χ2n) is 3.32. The van der Waals surface area contributed by atoms with Crippen LogP contribution in [-0.2, 0) is 4.79 Å². The van der Waals surface area contributed by atoms with Gasteiger partial charge in [0.25, 0.3) is 0 Å². The van der Waals surface area contributed by atoms with Crippen molar-refractivity contribution in [1.29, 1.82) is 0 Å². The van der Waals surface area contributed by atoms with Gasteiger partial charge in [-0.1, -0.05) is 32.0 Å². The van der Waals surface area contributed by atoms with Crippen LogP contribution in [0.15, 0.2) is 11.6 Å². The van der Waals surface area contributed by atoms with E-state index < -0.39 is 0 Å². The van der Waals surface area contributed by atoms with Gasteiger partial charge >= 0.3 is 0 Å². The number of hydrogen-bond acceptors (Lipinski definition) is 2. The van der Waals surface area contributed by atoms with Crippen molar-refractivity contribution < 1.29 is 4.79 Å². The maximum Gasteiger partial charge on any atom is 0.233 e. The lowest BCUT2D eigenvalue weighted by Crippen LogP contribution is -2.36. The van der Waals surface area contributed by atoms with E-state index in [4.69, 9.17) is 11.6 Å². The van der Waals surface area contributed by atoms with Crippen molar-refractivity contribution in [2.45, 2.75) is 13.8 Å². The number of rotatable bonds is 6. The van der Waals surface area contributed by atoms with Crippen LogP contribution < -0.4 is 10.6 Å². The molecule has 0 aromatic carbocycles. The van der Waals surface area contributed by atoms with Gasteiger partial charge in [0.2, 0.25) is 5.91 Å². The molecule has 13 heavy (non-hydrogen) atoms. The maximum absolute atomic E-state index is 11.1. The van der Waals surface area contributed by atoms with Crippen molar-refractivity contribution in [3.63, 3.8) is 0 Å². The minimum absolute atomic E-state index is 0.00776. The largest absolute Gasteiger partial charge is 0.355 e. The molecule has 0 saturated heterocycles. The molecule has 0 heterocycles. The van der Waals surface area contributed by atoms with E-state index in [9.17, 15) is 4.79 Å². The summed E-state index contributed by atoms with van der Waals surface area (Å²) in [4.78, 5) is 11.1. The highest BCUT2D eigenvalue weighted by Crippen LogP contribution is 1.91. The average molecular weight is 205 g/mol. The average Bonchev–Trinajstić information content (AvgIpc) is 2.00. The lowest BCUT2D eigenvalue weighted by molar-refractivity contribution is -0.120. The molecule has 0 fully saturated rings. The zero-order chi connectivity index (χ0) is 10.3. The number of hydrogen-bond donors (Lipinski definition) is 2. The SMILES string of the molecule is C=C(Cl)CNCC(=O)NCC(C)C. The van der Waals surface area contributed by atoms with Gasteiger partial charge in [0.15, 0.2) is 0 Å². The van der Waals surface area contributed by atoms with Gasteiger partial charge in [-0.2, -0.15) is 0 Å². The van der Waals surface area contributed by atoms with Gasteiger partial charge in [-0.05, 0) is 5.92 Å². The zero-order valence-corrected chi connectivity index (χ0v) is 8.95. The van der Waals surface area contributed by atoms with E-state index in [1.165, 1.54) is 0 Å². The fourth-order valence-corrected chi connectivity index (χ4v) is 0.787. The summed E-state index contributed by atoms with van der Waals surface area (Å²) in [6.07, 6.45) is 0. The van der Waals surface area contributed by atoms with Gasteiger partial charge in [0.1, 0.15) is 0 Å². The number of nitrogens with one attached hydrogen (secondary N) is 2. The summed E-state index contributed by atoms with van der Waals surface area (Å²) in [5, 5.41) is 6.16. The molecule has 2 N–H and O–H groups in total. The maximum atomic E-state index is 11.1. The highest BCUT2D eigenvalue weighted by molar-refractivity contribution is 6.29. The summed E-state index contributed by atoms with van der Waals surface area (Å²) >= 11 is 5.50. The van der Waals surface area contributed by atoms with Crippen molar-refractivity contribution in [2.75, 3.05) is 19.6 Å². The van der Waals surface area contributed by atoms with Gasteiger partial charge in [-0.25, -0.2) is 0 Å². The summed E-state index contributed by atoms with van der Waals surface area (Å²) in [5.74, 6) is 0.471. The van der Waals surface area contributed by atoms with Gasteiger partial charge in [0.05, 0.1) is 6.54 Å². The van der Waals surface area contributed by atoms with Gasteiger partial charge in [-0.3, -0.25) is 4.79 Å². The quantitative estimate of drug-likeness (QED) is 0.681. The Morgan fingerprint density at radius 3 is 2.54 bits per heavy atom. The predicted molar refractivity (Wildman–Crippen MR) is 55.7 cm³/mol. The van der Waals surface area contributed by atoms with Crippen LogP contribution >= 0.6 is 11.6 Å². The normalized spacial score (nSPS) is 10.2. The van der Waals surface area contributed by atoms with Crippen LogP contribution in [0.4, 0.5) is 0 Å². The van der Waals surface area contributed by atoms with Crippen LogP contribution in [0.25, 0.3) is 0 Å². The Kier molecular flexibility index (Phi) is 6.63. The molecule has 0 rings (SSSR count). The molecule has 0 aliphatic rings. The Morgan fingerprint density at radius 1 is 1.46 bits per heavy atom. The van der Waals surface area contributed by atoms with Crippen molar-refractivity contribution in [3.05, 3.63) is 11.6 Å². The zero-order valence-electron chi connectivity index (χ0n) is 8.19. The van der Waals surface area contributed by atoms with Crippen LogP contribution in [-0.4, -0.2) is 25.5 Å². The van der Waals surface area contributed by atoms with Gasteiger partial charge in [0, 0.05) is 18.1 Å². The number of amides is 1. The standard InChI is InChI=1S/C9H17ClN2O/c1-7(2)4-12-9(13)6-11-5-8(3)10/h7,11H,3-6H2,1-2H3,(H,12,13). The van der Waals surface area contributed by atoms with Crippen LogP contribution in [0.3, 0.4) is 0 Å². The smallest absolute Gasteiger partial charge is 0.233 e. The Hall–Kier alpha value is -0.540. The molecular weight excluding hydrogens is 188 g/mol. The van der Waals surface area contributed by atoms with Crippen molar-refractivity contribution in [1.82, 2.24) is 10.6 Å². The molecule has 0 spiro atoms. The molecule has 0 aromatic rings. The minimum Gasteiger partial charge on any atom is -0.355 e. The first-order valence-corrected chi connectivity index (χ1v) is 4.71. The van der Waals surface area contributed by atoms with E-state index in [-0.39, 0.29) is 5.91 Å². The fraction of sp³-hybridized carbons (Fsp3) is 0.667. The Balaban J connectivity index is 3.35. The molecule has 0 atom stereocenters. The molecule has 0 radical (unpaired) electrons. The Labute approximate surface area is 84.5 Å². The minimum atomic E-state index is -0.00776. The molecule has 0 saturated carbocycles. The van der Waals surface area contributed by atoms with Gasteiger partial charge < -0.3 is 10.6 Å². The first kappa shape index (κ1) is 12.5. The molecule has 0 bridgehead atoms. The highest BCUT2D eigenvalue weighted by Gasteiger charge is 2.00. The van der Waals surface area contributed by atoms with Crippen molar-refractivity contribution in [2.24, 2.45) is 5.92 Å². The number of halogens is 1.